The molecule has 1 aromatic heterocycles. The first-order valence-corrected chi connectivity index (χ1v) is 11.7. The summed E-state index contributed by atoms with van der Waals surface area (Å²) < 4.78 is 36.8. The fourth-order valence-corrected chi connectivity index (χ4v) is 4.76. The van der Waals surface area contributed by atoms with Gasteiger partial charge in [0.2, 0.25) is 0 Å². The average Bonchev–Trinajstić information content (AvgIpc) is 3.35. The topological polar surface area (TPSA) is 90.3 Å². The van der Waals surface area contributed by atoms with Crippen LogP contribution in [-0.2, 0) is 0 Å². The van der Waals surface area contributed by atoms with Crippen LogP contribution >= 0.6 is 23.5 Å². The number of benzene rings is 2. The van der Waals surface area contributed by atoms with Crippen molar-refractivity contribution in [3.8, 4) is 0 Å². The number of nitrogens with one attached hydrogen (secondary N) is 2. The fraction of sp³-hybridized carbons (Fsp3) is 0.429. The van der Waals surface area contributed by atoms with E-state index in [9.17, 15) is 9.50 Å². The molecule has 0 spiro atoms. The molecule has 1 fully saturated rings. The molecule has 1 aliphatic carbocycles. The number of aromatic nitrogens is 2. The highest BCUT2D eigenvalue weighted by atomic mass is 32.2. The minimum Gasteiger partial charge on any atom is -0.394 e. The van der Waals surface area contributed by atoms with Crippen molar-refractivity contribution in [3.63, 3.8) is 0 Å². The molecule has 1 unspecified atom stereocenters. The average molecular weight is 469 g/mol. The molecule has 1 aliphatic rings. The van der Waals surface area contributed by atoms with E-state index in [1.54, 1.807) is 25.1 Å². The van der Waals surface area contributed by atoms with Crippen molar-refractivity contribution in [2.24, 2.45) is 0 Å². The number of aliphatic hydroxyl groups is 2. The van der Waals surface area contributed by atoms with Crippen molar-refractivity contribution in [3.05, 3.63) is 41.5 Å². The monoisotopic (exact) mass is 468 g/mol. The predicted molar refractivity (Wildman–Crippen MR) is 124 cm³/mol. The summed E-state index contributed by atoms with van der Waals surface area (Å²) in [5.41, 5.74) is 1.56. The molecule has 6 nitrogen and oxygen atoms in total. The molecule has 0 amide bonds. The maximum Gasteiger partial charge on any atom is 0.177 e. The van der Waals surface area contributed by atoms with E-state index in [4.69, 9.17) is 5.11 Å². The molecule has 168 valence electrons. The van der Waals surface area contributed by atoms with Crippen LogP contribution in [0.1, 0.15) is 38.7 Å². The van der Waals surface area contributed by atoms with Crippen LogP contribution in [0.3, 0.4) is 0 Å². The number of aliphatic hydroxyl groups excluding tert-OH is 2. The van der Waals surface area contributed by atoms with Crippen molar-refractivity contribution in [1.29, 1.82) is 0 Å². The molecule has 0 bridgehead atoms. The zero-order valence-corrected chi connectivity index (χ0v) is 19.2. The Kier molecular flexibility index (Phi) is 7.68. The van der Waals surface area contributed by atoms with Gasteiger partial charge in [0, 0.05) is 4.75 Å². The molecule has 1 heterocycles. The Morgan fingerprint density at radius 1 is 1.23 bits per heavy atom. The summed E-state index contributed by atoms with van der Waals surface area (Å²) in [6.45, 7) is 5.48. The second kappa shape index (κ2) is 10.1. The van der Waals surface area contributed by atoms with Gasteiger partial charge in [-0.15, -0.1) is 5.10 Å². The third-order valence-corrected chi connectivity index (χ3v) is 6.87. The zero-order chi connectivity index (χ0) is 22.6. The van der Waals surface area contributed by atoms with Gasteiger partial charge in [-0.2, -0.15) is 0 Å². The molecular weight excluding hydrogens is 442 g/mol. The van der Waals surface area contributed by atoms with Crippen LogP contribution in [-0.4, -0.2) is 37.3 Å². The largest absolute Gasteiger partial charge is 0.394 e. The van der Waals surface area contributed by atoms with E-state index in [1.807, 2.05) is 13.8 Å². The Bertz CT molecular complexity index is 1040. The summed E-state index contributed by atoms with van der Waals surface area (Å²) in [4.78, 5) is 0. The van der Waals surface area contributed by atoms with Crippen LogP contribution < -0.4 is 10.0 Å². The van der Waals surface area contributed by atoms with Gasteiger partial charge < -0.3 is 20.3 Å². The molecule has 31 heavy (non-hydrogen) atoms. The summed E-state index contributed by atoms with van der Waals surface area (Å²) in [6, 6.07) is 6.40. The Morgan fingerprint density at radius 3 is 2.61 bits per heavy atom. The van der Waals surface area contributed by atoms with Gasteiger partial charge in [-0.1, -0.05) is 24.4 Å². The summed E-state index contributed by atoms with van der Waals surface area (Å²) in [7, 11) is 0. The number of hydrogen-bond acceptors (Lipinski definition) is 8. The number of anilines is 3. The van der Waals surface area contributed by atoms with Gasteiger partial charge in [0.1, 0.15) is 17.0 Å². The van der Waals surface area contributed by atoms with Crippen molar-refractivity contribution in [1.82, 2.24) is 9.59 Å². The molecule has 3 aromatic rings. The Balaban J connectivity index is 0.00000132. The van der Waals surface area contributed by atoms with Crippen LogP contribution in [0.2, 0.25) is 0 Å². The first-order valence-electron chi connectivity index (χ1n) is 10.1. The van der Waals surface area contributed by atoms with Crippen molar-refractivity contribution >= 4 is 50.8 Å². The molecule has 0 aliphatic heterocycles. The summed E-state index contributed by atoms with van der Waals surface area (Å²) >= 11 is 2.45. The molecule has 1 saturated carbocycles. The summed E-state index contributed by atoms with van der Waals surface area (Å²) in [5, 5.41) is 25.6. The van der Waals surface area contributed by atoms with Crippen LogP contribution in [0.5, 0.6) is 0 Å². The van der Waals surface area contributed by atoms with E-state index in [0.29, 0.717) is 16.8 Å². The Morgan fingerprint density at radius 2 is 1.97 bits per heavy atom. The lowest BCUT2D eigenvalue weighted by molar-refractivity contribution is 0.0865. The minimum atomic E-state index is -0.795. The van der Waals surface area contributed by atoms with Crippen molar-refractivity contribution in [2.45, 2.75) is 50.9 Å². The van der Waals surface area contributed by atoms with E-state index in [-0.39, 0.29) is 28.2 Å². The second-order valence-electron chi connectivity index (χ2n) is 7.27. The number of nitrogens with zero attached hydrogens (tertiary/aromatic N) is 2. The van der Waals surface area contributed by atoms with Gasteiger partial charge in [-0.3, -0.25) is 0 Å². The van der Waals surface area contributed by atoms with Crippen molar-refractivity contribution in [2.75, 3.05) is 16.6 Å². The highest BCUT2D eigenvalue weighted by Gasteiger charge is 2.45. The van der Waals surface area contributed by atoms with Gasteiger partial charge in [0.25, 0.3) is 0 Å². The Hall–Kier alpha value is -2.01. The van der Waals surface area contributed by atoms with Gasteiger partial charge in [-0.25, -0.2) is 8.78 Å². The van der Waals surface area contributed by atoms with E-state index in [1.165, 1.54) is 18.0 Å². The first kappa shape index (κ1) is 23.6. The summed E-state index contributed by atoms with van der Waals surface area (Å²) in [5.74, 6) is -1.09. The van der Waals surface area contributed by atoms with Gasteiger partial charge in [0.05, 0.1) is 28.8 Å². The van der Waals surface area contributed by atoms with Gasteiger partial charge in [-0.05, 0) is 73.4 Å². The number of fused-ring (bicyclic) bond motifs is 1. The van der Waals surface area contributed by atoms with E-state index in [0.717, 1.165) is 29.9 Å². The maximum atomic E-state index is 15.2. The minimum absolute atomic E-state index is 0.0824. The molecule has 4 rings (SSSR count). The predicted octanol–water partition coefficient (Wildman–Crippen LogP) is 5.38. The van der Waals surface area contributed by atoms with E-state index >= 15 is 4.39 Å². The van der Waals surface area contributed by atoms with Crippen LogP contribution in [0.15, 0.2) is 24.3 Å². The molecule has 4 N–H and O–H groups in total. The number of halogens is 2. The molecular formula is C21H26F2N4O2S2. The smallest absolute Gasteiger partial charge is 0.177 e. The van der Waals surface area contributed by atoms with Gasteiger partial charge >= 0.3 is 0 Å². The molecule has 1 atom stereocenters. The number of rotatable bonds is 8. The normalized spacial score (nSPS) is 15.2. The highest BCUT2D eigenvalue weighted by molar-refractivity contribution is 8.02. The SMILES string of the molecule is CC.Cc1ccc(Nc2c(NSC3(CC(O)CO)CC3)cc3snnc3c2F)c(F)c1. The quantitative estimate of drug-likeness (QED) is 0.330. The summed E-state index contributed by atoms with van der Waals surface area (Å²) in [6.07, 6.45) is 1.40. The number of hydrogen-bond donors (Lipinski definition) is 4. The van der Waals surface area contributed by atoms with Crippen molar-refractivity contribution < 1.29 is 19.0 Å². The standard InChI is InChI=1S/C19H20F2N4O2S2.C2H6/c1-10-2-3-13(12(20)6-10)22-17-14(7-15-18(16(17)21)23-25-28-15)24-29-19(4-5-19)8-11(27)9-26;1-2/h2-3,6-7,11,22,24,26-27H,4-5,8-9H2,1H3;1-2H3. The lowest BCUT2D eigenvalue weighted by Gasteiger charge is -2.20. The lowest BCUT2D eigenvalue weighted by atomic mass is 10.2. The van der Waals surface area contributed by atoms with Gasteiger partial charge in [0.15, 0.2) is 5.82 Å². The second-order valence-corrected chi connectivity index (χ2v) is 9.33. The lowest BCUT2D eigenvalue weighted by Crippen LogP contribution is -2.21. The fourth-order valence-electron chi connectivity index (χ4n) is 3.09. The molecule has 2 aromatic carbocycles. The van der Waals surface area contributed by atoms with Crippen LogP contribution in [0.4, 0.5) is 25.8 Å². The number of aryl methyl sites for hydroxylation is 1. The van der Waals surface area contributed by atoms with Crippen LogP contribution in [0, 0.1) is 18.6 Å². The Labute approximate surface area is 188 Å². The molecule has 0 saturated heterocycles. The third kappa shape index (κ3) is 5.43. The highest BCUT2D eigenvalue weighted by Crippen LogP contribution is 2.52. The zero-order valence-electron chi connectivity index (χ0n) is 17.6. The third-order valence-electron chi connectivity index (χ3n) is 4.87. The van der Waals surface area contributed by atoms with E-state index < -0.39 is 17.7 Å². The first-order chi connectivity index (χ1) is 14.9. The maximum absolute atomic E-state index is 15.2. The van der Waals surface area contributed by atoms with E-state index in [2.05, 4.69) is 19.6 Å². The van der Waals surface area contributed by atoms with Crippen LogP contribution in [0.25, 0.3) is 10.2 Å². The molecule has 0 radical (unpaired) electrons. The molecule has 10 heteroatoms.